The molecule has 2 amide bonds. The number of pyridine rings is 1. The Bertz CT molecular complexity index is 4010. The molecular weight excluding hydrogens is 1190 g/mol. The molecule has 0 spiro atoms. The number of fused-ring (bicyclic) bond motifs is 6. The molecule has 81 heavy (non-hydrogen) atoms. The van der Waals surface area contributed by atoms with E-state index in [9.17, 15) is 76.8 Å². The zero-order valence-corrected chi connectivity index (χ0v) is 47.4. The van der Waals surface area contributed by atoms with Crippen LogP contribution in [0.15, 0.2) is 116 Å². The lowest BCUT2D eigenvalue weighted by Crippen LogP contribution is -2.32. The Labute approximate surface area is 471 Å². The van der Waals surface area contributed by atoms with Crippen molar-refractivity contribution >= 4 is 127 Å². The number of rotatable bonds is 22. The van der Waals surface area contributed by atoms with Gasteiger partial charge in [0, 0.05) is 101 Å². The van der Waals surface area contributed by atoms with Crippen LogP contribution in [0.4, 0.5) is 11.4 Å². The Morgan fingerprint density at radius 1 is 0.753 bits per heavy atom. The number of carbonyl (C=O) groups excluding carboxylic acids is 3. The number of aromatic nitrogens is 1. The lowest BCUT2D eigenvalue weighted by molar-refractivity contribution is -0.777. The maximum Gasteiger partial charge on any atom is 0.365 e. The van der Waals surface area contributed by atoms with E-state index in [-0.39, 0.29) is 82.4 Å². The second-order valence-electron chi connectivity index (χ2n) is 19.3. The van der Waals surface area contributed by atoms with E-state index < -0.39 is 89.5 Å². The largest absolute Gasteiger partial charge is 0.748 e. The van der Waals surface area contributed by atoms with Crippen LogP contribution in [0.2, 0.25) is 0 Å². The number of hydrogen-bond donors (Lipinski definition) is 0. The van der Waals surface area contributed by atoms with Crippen molar-refractivity contribution in [2.45, 2.75) is 83.8 Å². The van der Waals surface area contributed by atoms with Gasteiger partial charge in [0.05, 0.1) is 53.5 Å². The summed E-state index contributed by atoms with van der Waals surface area (Å²) in [5.41, 5.74) is -0.00242. The first-order chi connectivity index (χ1) is 37.9. The van der Waals surface area contributed by atoms with Crippen molar-refractivity contribution < 1.29 is 105 Å². The zero-order chi connectivity index (χ0) is 59.2. The molecule has 0 bridgehead atoms. The number of benzene rings is 4. The number of nitrogens with zero attached hydrogens (tertiary/aromatic N) is 4. The molecule has 5 aromatic rings. The fraction of sp³-hybridized carbons (Fsp3) is 0.286. The third kappa shape index (κ3) is 12.8. The van der Waals surface area contributed by atoms with Gasteiger partial charge in [-0.1, -0.05) is 26.0 Å². The van der Waals surface area contributed by atoms with E-state index in [4.69, 9.17) is 4.84 Å². The number of carbonyl (C=O) groups is 3. The van der Waals surface area contributed by atoms with Crippen molar-refractivity contribution in [3.05, 3.63) is 119 Å². The van der Waals surface area contributed by atoms with Crippen molar-refractivity contribution in [1.82, 2.24) is 10.0 Å². The van der Waals surface area contributed by atoms with Crippen molar-refractivity contribution in [2.75, 3.05) is 29.5 Å². The van der Waals surface area contributed by atoms with Crippen LogP contribution in [0.1, 0.15) is 80.6 Å². The van der Waals surface area contributed by atoms with Gasteiger partial charge < -0.3 is 38.5 Å². The number of anilines is 1. The number of hydroxylamine groups is 2. The monoisotopic (exact) mass is 1230 g/mol. The van der Waals surface area contributed by atoms with Gasteiger partial charge in [0.2, 0.25) is 5.69 Å². The standard InChI is InChI=1S/C49H48N4O22S6/c1-48(2)42(52(20-6-22-78(59,60)61)37-13-10-32-34(45(37)48)23-30(79(62,63)64)25-39(32)77-75-73-58)16-9-28(36-12-7-29(27-50-36)47(56)71-53-43(54)17-18-44(53)55)8-15-41-49(3,4)46-35-24-31(80(65,66)67)26-40(81(68,69)70)33(35)11-14-38(46)51(41)19-5-21-76-74-72-57/h7-16,23-27H,5-6,17-22H2,1-4H3,(H5-,57,58,59,60,61,62,63,64,65,66,67,68,69,70)/p-5. The van der Waals surface area contributed by atoms with Crippen LogP contribution >= 0.6 is 24.1 Å². The van der Waals surface area contributed by atoms with Gasteiger partial charge in [0.25, 0.3) is 11.8 Å². The van der Waals surface area contributed by atoms with Gasteiger partial charge >= 0.3 is 5.97 Å². The van der Waals surface area contributed by atoms with Crippen molar-refractivity contribution in [3.8, 4) is 0 Å². The summed E-state index contributed by atoms with van der Waals surface area (Å²) in [6.07, 6.45) is 7.19. The SMILES string of the molecule is CC1(C)C(/C=C/C(=C/C=C2/N(CCCSOO[O-])c3ccc4c(S(=O)(=O)[O-])cc(S(=O)(=O)[O-])cc4c3C2(C)C)c2ccc(C(=O)ON3C(=O)CCC3=O)cn2)=[N+](CCCS(=O)(=O)[O-])c2ccc3c(SOO[O-])cc(S(=O)(=O)[O-])cc3c21. The number of hydrogen-bond acceptors (Lipinski definition) is 26. The first-order valence-electron chi connectivity index (χ1n) is 23.7. The first kappa shape index (κ1) is 61.0. The maximum atomic E-state index is 13.3. The molecule has 0 radical (unpaired) electrons. The van der Waals surface area contributed by atoms with Crippen LogP contribution in [0.5, 0.6) is 0 Å². The predicted octanol–water partition coefficient (Wildman–Crippen LogP) is 3.45. The molecule has 4 aromatic carbocycles. The second kappa shape index (κ2) is 23.3. The van der Waals surface area contributed by atoms with Crippen LogP contribution in [-0.4, -0.2) is 115 Å². The highest BCUT2D eigenvalue weighted by Gasteiger charge is 2.46. The molecule has 1 fully saturated rings. The van der Waals surface area contributed by atoms with Crippen molar-refractivity contribution in [3.63, 3.8) is 0 Å². The lowest BCUT2D eigenvalue weighted by atomic mass is 9.79. The van der Waals surface area contributed by atoms with E-state index in [1.165, 1.54) is 30.3 Å². The molecule has 1 saturated heterocycles. The summed E-state index contributed by atoms with van der Waals surface area (Å²) in [4.78, 5) is 46.5. The summed E-state index contributed by atoms with van der Waals surface area (Å²) in [6.45, 7) is 6.88. The summed E-state index contributed by atoms with van der Waals surface area (Å²) >= 11 is 1.02. The average Bonchev–Trinajstić information content (AvgIpc) is 4.14. The zero-order valence-electron chi connectivity index (χ0n) is 42.5. The Hall–Kier alpha value is -6.05. The molecule has 0 aliphatic carbocycles. The molecule has 32 heteroatoms. The minimum Gasteiger partial charge on any atom is -0.748 e. The molecule has 432 valence electrons. The van der Waals surface area contributed by atoms with Gasteiger partial charge in [-0.15, -0.1) is 5.06 Å². The summed E-state index contributed by atoms with van der Waals surface area (Å²) in [7, 11) is -20.7. The highest BCUT2D eigenvalue weighted by molar-refractivity contribution is 7.95. The summed E-state index contributed by atoms with van der Waals surface area (Å²) < 4.78 is 160. The molecule has 0 unspecified atom stereocenters. The molecule has 1 aromatic heterocycles. The Balaban J connectivity index is 1.34. The van der Waals surface area contributed by atoms with Crippen molar-refractivity contribution in [1.29, 1.82) is 0 Å². The molecule has 26 nitrogen and oxygen atoms in total. The smallest absolute Gasteiger partial charge is 0.365 e. The molecular formula is C49H43N4O22S6-5. The maximum absolute atomic E-state index is 13.3. The van der Waals surface area contributed by atoms with Crippen LogP contribution in [0.3, 0.4) is 0 Å². The molecule has 8 rings (SSSR count). The normalized spacial score (nSPS) is 17.2. The summed E-state index contributed by atoms with van der Waals surface area (Å²) in [5.74, 6) is -3.20. The van der Waals surface area contributed by atoms with Crippen LogP contribution in [0, 0.1) is 0 Å². The quantitative estimate of drug-likeness (QED) is 0.0140. The Morgan fingerprint density at radius 3 is 2.00 bits per heavy atom. The first-order valence-corrected chi connectivity index (χ1v) is 31.2. The van der Waals surface area contributed by atoms with E-state index in [1.807, 2.05) is 0 Å². The average molecular weight is 1230 g/mol. The topological polar surface area (TPSA) is 395 Å². The number of amides is 2. The molecule has 4 heterocycles. The Morgan fingerprint density at radius 2 is 1.40 bits per heavy atom. The Kier molecular flexibility index (Phi) is 17.6. The molecule has 0 N–H and O–H groups in total. The fourth-order valence-corrected chi connectivity index (χ4v) is 13.4. The minimum absolute atomic E-state index is 0.00555. The molecule has 0 saturated carbocycles. The van der Waals surface area contributed by atoms with Gasteiger partial charge in [-0.3, -0.25) is 24.6 Å². The van der Waals surface area contributed by atoms with Crippen LogP contribution in [-0.2, 0) is 84.5 Å². The van der Waals surface area contributed by atoms with Gasteiger partial charge in [0.1, 0.15) is 36.9 Å². The van der Waals surface area contributed by atoms with E-state index >= 15 is 0 Å². The van der Waals surface area contributed by atoms with Gasteiger partial charge in [-0.25, -0.2) is 38.5 Å². The molecule has 0 atom stereocenters. The van der Waals surface area contributed by atoms with Gasteiger partial charge in [-0.2, -0.15) is 13.2 Å². The number of imide groups is 1. The van der Waals surface area contributed by atoms with Gasteiger partial charge in [-0.05, 0) is 108 Å². The van der Waals surface area contributed by atoms with E-state index in [0.717, 1.165) is 24.4 Å². The van der Waals surface area contributed by atoms with Gasteiger partial charge in [0.15, 0.2) is 5.71 Å². The highest BCUT2D eigenvalue weighted by Crippen LogP contribution is 2.52. The third-order valence-corrected chi connectivity index (χ3v) is 18.1. The molecule has 3 aliphatic rings. The predicted molar refractivity (Wildman–Crippen MR) is 277 cm³/mol. The van der Waals surface area contributed by atoms with E-state index in [2.05, 4.69) is 23.7 Å². The third-order valence-electron chi connectivity index (χ3n) is 13.6. The fourth-order valence-electron chi connectivity index (χ4n) is 10.2. The second-order valence-corrected chi connectivity index (χ2v) is 26.5. The molecule has 3 aliphatic heterocycles. The number of allylic oxidation sites excluding steroid dienone is 6. The lowest BCUT2D eigenvalue weighted by Gasteiger charge is -2.27. The van der Waals surface area contributed by atoms with Crippen LogP contribution in [0.25, 0.3) is 27.1 Å². The summed E-state index contributed by atoms with van der Waals surface area (Å²) in [6, 6.07) is 12.2. The van der Waals surface area contributed by atoms with Crippen LogP contribution < -0.4 is 15.4 Å². The van der Waals surface area contributed by atoms with E-state index in [1.54, 1.807) is 67.5 Å². The van der Waals surface area contributed by atoms with E-state index in [0.29, 0.717) is 74.5 Å². The highest BCUT2D eigenvalue weighted by atomic mass is 32.2. The van der Waals surface area contributed by atoms with Crippen molar-refractivity contribution in [2.24, 2.45) is 0 Å². The summed E-state index contributed by atoms with van der Waals surface area (Å²) in [5, 5.41) is 29.1. The minimum atomic E-state index is -5.39.